The molecule has 0 aliphatic heterocycles. The van der Waals surface area contributed by atoms with Crippen molar-refractivity contribution in [3.8, 4) is 23.0 Å². The van der Waals surface area contributed by atoms with E-state index in [4.69, 9.17) is 9.15 Å². The van der Waals surface area contributed by atoms with E-state index < -0.39 is 0 Å². The van der Waals surface area contributed by atoms with Crippen molar-refractivity contribution in [2.24, 2.45) is 0 Å². The van der Waals surface area contributed by atoms with Crippen LogP contribution in [0, 0.1) is 13.8 Å². The van der Waals surface area contributed by atoms with Gasteiger partial charge in [0.15, 0.2) is 5.58 Å². The van der Waals surface area contributed by atoms with Gasteiger partial charge in [0.2, 0.25) is 5.88 Å². The fraction of sp³-hybridized carbons (Fsp3) is 0.0952. The normalized spacial score (nSPS) is 10.9. The van der Waals surface area contributed by atoms with Crippen molar-refractivity contribution in [3.05, 3.63) is 78.0 Å². The van der Waals surface area contributed by atoms with Crippen LogP contribution in [0.25, 0.3) is 22.3 Å². The van der Waals surface area contributed by atoms with Crippen LogP contribution < -0.4 is 4.74 Å². The Kier molecular flexibility index (Phi) is 3.54. The molecule has 0 unspecified atom stereocenters. The molecule has 0 atom stereocenters. The van der Waals surface area contributed by atoms with Gasteiger partial charge in [-0.15, -0.1) is 0 Å². The van der Waals surface area contributed by atoms with Crippen LogP contribution in [0.2, 0.25) is 0 Å². The summed E-state index contributed by atoms with van der Waals surface area (Å²) in [5, 5.41) is 0.975. The zero-order chi connectivity index (χ0) is 16.5. The van der Waals surface area contributed by atoms with Crippen molar-refractivity contribution < 1.29 is 9.15 Å². The molecular weight excluding hydrogens is 298 g/mol. The highest BCUT2D eigenvalue weighted by Crippen LogP contribution is 2.30. The third-order valence-corrected chi connectivity index (χ3v) is 3.85. The third-order valence-electron chi connectivity index (χ3n) is 3.85. The highest BCUT2D eigenvalue weighted by molar-refractivity contribution is 5.83. The van der Waals surface area contributed by atoms with E-state index in [-0.39, 0.29) is 0 Å². The van der Waals surface area contributed by atoms with E-state index in [1.54, 1.807) is 6.20 Å². The van der Waals surface area contributed by atoms with E-state index in [2.05, 4.69) is 24.9 Å². The zero-order valence-electron chi connectivity index (χ0n) is 13.6. The molecule has 0 aliphatic rings. The topological polar surface area (TPSA) is 35.3 Å². The van der Waals surface area contributed by atoms with E-state index in [9.17, 15) is 0 Å². The Labute approximate surface area is 140 Å². The predicted octanol–water partition coefficient (Wildman–Crippen LogP) is 5.90. The van der Waals surface area contributed by atoms with Crippen LogP contribution in [0.15, 0.2) is 71.3 Å². The van der Waals surface area contributed by atoms with Gasteiger partial charge in [-0.05, 0) is 43.2 Å². The summed E-state index contributed by atoms with van der Waals surface area (Å²) in [6.45, 7) is 4.11. The molecule has 24 heavy (non-hydrogen) atoms. The quantitative estimate of drug-likeness (QED) is 0.472. The number of rotatable bonds is 3. The second-order valence-electron chi connectivity index (χ2n) is 5.96. The number of fused-ring (bicyclic) bond motifs is 1. The predicted molar refractivity (Wildman–Crippen MR) is 95.4 cm³/mol. The molecule has 4 rings (SSSR count). The summed E-state index contributed by atoms with van der Waals surface area (Å²) in [6, 6.07) is 20.1. The molecule has 0 N–H and O–H groups in total. The molecule has 0 aliphatic carbocycles. The number of ether oxygens (including phenoxy) is 1. The maximum Gasteiger partial charge on any atom is 0.220 e. The Balaban J connectivity index is 1.68. The van der Waals surface area contributed by atoms with Gasteiger partial charge in [-0.3, -0.25) is 0 Å². The smallest absolute Gasteiger partial charge is 0.220 e. The van der Waals surface area contributed by atoms with Crippen LogP contribution in [-0.4, -0.2) is 4.98 Å². The van der Waals surface area contributed by atoms with E-state index in [1.165, 1.54) is 11.1 Å². The molecule has 3 nitrogen and oxygen atoms in total. The van der Waals surface area contributed by atoms with E-state index in [1.807, 2.05) is 54.6 Å². The first kappa shape index (κ1) is 14.5. The largest absolute Gasteiger partial charge is 0.454 e. The Morgan fingerprint density at radius 1 is 0.875 bits per heavy atom. The second-order valence-corrected chi connectivity index (χ2v) is 5.96. The molecule has 2 aromatic carbocycles. The van der Waals surface area contributed by atoms with Gasteiger partial charge in [-0.2, -0.15) is 0 Å². The van der Waals surface area contributed by atoms with Crippen molar-refractivity contribution in [1.29, 1.82) is 0 Å². The van der Waals surface area contributed by atoms with Crippen molar-refractivity contribution in [2.75, 3.05) is 0 Å². The molecule has 0 bridgehead atoms. The SMILES string of the molecule is Cc1cc(C)cc(Oc2cc3cc(-c4ccccc4)oc3cn2)c1. The van der Waals surface area contributed by atoms with Gasteiger partial charge in [0.05, 0.1) is 6.20 Å². The first-order valence-electron chi connectivity index (χ1n) is 7.88. The summed E-state index contributed by atoms with van der Waals surface area (Å²) in [5.74, 6) is 2.19. The number of hydrogen-bond donors (Lipinski definition) is 0. The molecule has 2 heterocycles. The van der Waals surface area contributed by atoms with Gasteiger partial charge in [0.25, 0.3) is 0 Å². The first-order valence-corrected chi connectivity index (χ1v) is 7.88. The molecule has 0 spiro atoms. The van der Waals surface area contributed by atoms with Crippen LogP contribution >= 0.6 is 0 Å². The number of furan rings is 1. The summed E-state index contributed by atoms with van der Waals surface area (Å²) in [7, 11) is 0. The van der Waals surface area contributed by atoms with Gasteiger partial charge in [-0.1, -0.05) is 36.4 Å². The van der Waals surface area contributed by atoms with Crippen LogP contribution in [-0.2, 0) is 0 Å². The van der Waals surface area contributed by atoms with Gasteiger partial charge in [0.1, 0.15) is 11.5 Å². The number of hydrogen-bond acceptors (Lipinski definition) is 3. The van der Waals surface area contributed by atoms with Crippen LogP contribution in [0.3, 0.4) is 0 Å². The Hall–Kier alpha value is -3.07. The third kappa shape index (κ3) is 2.88. The number of aryl methyl sites for hydroxylation is 2. The molecule has 4 aromatic rings. The van der Waals surface area contributed by atoms with Crippen LogP contribution in [0.1, 0.15) is 11.1 Å². The maximum atomic E-state index is 5.91. The van der Waals surface area contributed by atoms with Gasteiger partial charge in [-0.25, -0.2) is 4.98 Å². The summed E-state index contributed by atoms with van der Waals surface area (Å²) in [4.78, 5) is 4.35. The number of benzene rings is 2. The Morgan fingerprint density at radius 2 is 1.62 bits per heavy atom. The highest BCUT2D eigenvalue weighted by Gasteiger charge is 2.08. The zero-order valence-corrected chi connectivity index (χ0v) is 13.6. The van der Waals surface area contributed by atoms with Gasteiger partial charge >= 0.3 is 0 Å². The molecule has 3 heteroatoms. The lowest BCUT2D eigenvalue weighted by atomic mass is 10.1. The van der Waals surface area contributed by atoms with Crippen molar-refractivity contribution in [1.82, 2.24) is 4.98 Å². The standard InChI is InChI=1S/C21H17NO2/c1-14-8-15(2)10-18(9-14)23-21-12-17-11-19(24-20(17)13-22-21)16-6-4-3-5-7-16/h3-13H,1-2H3. The van der Waals surface area contributed by atoms with Crippen LogP contribution in [0.5, 0.6) is 11.6 Å². The fourth-order valence-corrected chi connectivity index (χ4v) is 2.84. The fourth-order valence-electron chi connectivity index (χ4n) is 2.84. The molecule has 0 fully saturated rings. The highest BCUT2D eigenvalue weighted by atomic mass is 16.5. The Bertz CT molecular complexity index is 983. The Morgan fingerprint density at radius 3 is 2.38 bits per heavy atom. The summed E-state index contributed by atoms with van der Waals surface area (Å²) in [5.41, 5.74) is 4.13. The summed E-state index contributed by atoms with van der Waals surface area (Å²) >= 11 is 0. The van der Waals surface area contributed by atoms with Gasteiger partial charge < -0.3 is 9.15 Å². The summed E-state index contributed by atoms with van der Waals surface area (Å²) in [6.07, 6.45) is 1.71. The molecule has 0 amide bonds. The van der Waals surface area contributed by atoms with Crippen LogP contribution in [0.4, 0.5) is 0 Å². The lowest BCUT2D eigenvalue weighted by Gasteiger charge is -2.06. The van der Waals surface area contributed by atoms with Gasteiger partial charge in [0, 0.05) is 17.0 Å². The minimum atomic E-state index is 0.563. The first-order chi connectivity index (χ1) is 11.7. The maximum absolute atomic E-state index is 5.91. The average Bonchev–Trinajstić information content (AvgIpc) is 2.98. The van der Waals surface area contributed by atoms with E-state index in [0.29, 0.717) is 5.88 Å². The average molecular weight is 315 g/mol. The van der Waals surface area contributed by atoms with E-state index >= 15 is 0 Å². The molecule has 118 valence electrons. The molecule has 0 saturated carbocycles. The lowest BCUT2D eigenvalue weighted by Crippen LogP contribution is -1.89. The molecular formula is C21H17NO2. The molecule has 0 saturated heterocycles. The minimum Gasteiger partial charge on any atom is -0.454 e. The van der Waals surface area contributed by atoms with Crippen molar-refractivity contribution in [2.45, 2.75) is 13.8 Å². The second kappa shape index (κ2) is 5.85. The lowest BCUT2D eigenvalue weighted by molar-refractivity contribution is 0.462. The van der Waals surface area contributed by atoms with Crippen molar-refractivity contribution in [3.63, 3.8) is 0 Å². The monoisotopic (exact) mass is 315 g/mol. The number of pyridine rings is 1. The number of nitrogens with zero attached hydrogens (tertiary/aromatic N) is 1. The van der Waals surface area contributed by atoms with E-state index in [0.717, 1.165) is 28.0 Å². The number of aromatic nitrogens is 1. The molecule has 0 radical (unpaired) electrons. The minimum absolute atomic E-state index is 0.563. The van der Waals surface area contributed by atoms with Crippen molar-refractivity contribution >= 4 is 11.0 Å². The summed E-state index contributed by atoms with van der Waals surface area (Å²) < 4.78 is 11.8. The molecule has 2 aromatic heterocycles.